The van der Waals surface area contributed by atoms with Crippen LogP contribution in [0.1, 0.15) is 43.7 Å². The molecule has 0 fully saturated rings. The molecule has 134 valence electrons. The maximum Gasteiger partial charge on any atom is 0.305 e. The van der Waals surface area contributed by atoms with Crippen molar-refractivity contribution in [2.45, 2.75) is 44.8 Å². The van der Waals surface area contributed by atoms with Gasteiger partial charge in [0.2, 0.25) is 5.91 Å². The average Bonchev–Trinajstić information content (AvgIpc) is 3.02. The molecule has 2 rings (SSSR count). The second-order valence-electron chi connectivity index (χ2n) is 5.94. The average molecular weight is 346 g/mol. The van der Waals surface area contributed by atoms with E-state index < -0.39 is 5.97 Å². The molecule has 0 saturated carbocycles. The summed E-state index contributed by atoms with van der Waals surface area (Å²) in [6, 6.07) is 6.70. The van der Waals surface area contributed by atoms with Crippen molar-refractivity contribution >= 4 is 23.4 Å². The number of hydrogen-bond donors (Lipinski definition) is 4. The number of amides is 1. The summed E-state index contributed by atoms with van der Waals surface area (Å²) in [5.41, 5.74) is 7.63. The lowest BCUT2D eigenvalue weighted by molar-refractivity contribution is -0.137. The number of carbonyl (C=O) groups excluding carboxylic acids is 1. The molecule has 1 heterocycles. The van der Waals surface area contributed by atoms with Crippen LogP contribution in [0.2, 0.25) is 0 Å². The number of carboxylic acid groups (broad SMARTS) is 1. The lowest BCUT2D eigenvalue weighted by Gasteiger charge is -2.16. The first-order valence-electron chi connectivity index (χ1n) is 8.07. The molecule has 0 unspecified atom stereocenters. The second kappa shape index (κ2) is 8.27. The molecule has 0 spiro atoms. The van der Waals surface area contributed by atoms with Gasteiger partial charge >= 0.3 is 5.97 Å². The minimum atomic E-state index is -0.941. The summed E-state index contributed by atoms with van der Waals surface area (Å²) < 4.78 is 0. The number of nitrogens with two attached hydrogens (primary N) is 1. The molecule has 2 atom stereocenters. The molecule has 8 nitrogen and oxygen atoms in total. The predicted molar refractivity (Wildman–Crippen MR) is 92.6 cm³/mol. The Kier molecular flexibility index (Phi) is 6.10. The standard InChI is InChI=1S/C17H22N4O4/c1-2-12(7-16(23)24)20-15(22)9-13-8-14(21-25-13)10-3-5-11(6-4-10)17(18)19/h3-6,12-13H,2,7-9H2,1H3,(H3,18,19)(H,20,22)(H,23,24)/t12-,13-/m1/s1. The number of rotatable bonds is 8. The first kappa shape index (κ1) is 18.4. The van der Waals surface area contributed by atoms with E-state index >= 15 is 0 Å². The highest BCUT2D eigenvalue weighted by atomic mass is 16.6. The Labute approximate surface area is 145 Å². The molecule has 0 saturated heterocycles. The minimum absolute atomic E-state index is 0.00227. The summed E-state index contributed by atoms with van der Waals surface area (Å²) in [6.45, 7) is 1.83. The van der Waals surface area contributed by atoms with Crippen molar-refractivity contribution in [1.82, 2.24) is 5.32 Å². The van der Waals surface area contributed by atoms with E-state index in [4.69, 9.17) is 21.1 Å². The summed E-state index contributed by atoms with van der Waals surface area (Å²) in [7, 11) is 0. The smallest absolute Gasteiger partial charge is 0.305 e. The lowest BCUT2D eigenvalue weighted by Crippen LogP contribution is -2.37. The molecule has 0 aliphatic carbocycles. The Morgan fingerprint density at radius 3 is 2.68 bits per heavy atom. The Bertz CT molecular complexity index is 684. The van der Waals surface area contributed by atoms with E-state index in [1.807, 2.05) is 6.92 Å². The van der Waals surface area contributed by atoms with Crippen molar-refractivity contribution < 1.29 is 19.5 Å². The number of carboxylic acids is 1. The van der Waals surface area contributed by atoms with Gasteiger partial charge in [-0.2, -0.15) is 0 Å². The van der Waals surface area contributed by atoms with E-state index in [9.17, 15) is 9.59 Å². The van der Waals surface area contributed by atoms with Crippen LogP contribution in [-0.2, 0) is 14.4 Å². The Balaban J connectivity index is 1.86. The van der Waals surface area contributed by atoms with Crippen molar-refractivity contribution in [3.8, 4) is 0 Å². The van der Waals surface area contributed by atoms with Crippen molar-refractivity contribution in [3.05, 3.63) is 35.4 Å². The van der Waals surface area contributed by atoms with E-state index in [-0.39, 0.29) is 36.7 Å². The van der Waals surface area contributed by atoms with Crippen LogP contribution in [-0.4, -0.2) is 40.7 Å². The van der Waals surface area contributed by atoms with E-state index in [0.29, 0.717) is 18.4 Å². The Morgan fingerprint density at radius 2 is 2.12 bits per heavy atom. The van der Waals surface area contributed by atoms with Gasteiger partial charge in [-0.3, -0.25) is 15.0 Å². The predicted octanol–water partition coefficient (Wildman–Crippen LogP) is 1.22. The molecule has 5 N–H and O–H groups in total. The summed E-state index contributed by atoms with van der Waals surface area (Å²) in [4.78, 5) is 28.1. The van der Waals surface area contributed by atoms with Gasteiger partial charge in [0.15, 0.2) is 0 Å². The topological polar surface area (TPSA) is 138 Å². The number of oxime groups is 1. The maximum atomic E-state index is 12.0. The van der Waals surface area contributed by atoms with Crippen molar-refractivity contribution in [2.24, 2.45) is 10.9 Å². The van der Waals surface area contributed by atoms with Crippen molar-refractivity contribution in [3.63, 3.8) is 0 Å². The first-order chi connectivity index (χ1) is 11.9. The molecular weight excluding hydrogens is 324 g/mol. The number of hydrogen-bond acceptors (Lipinski definition) is 5. The Hall–Kier alpha value is -2.90. The van der Waals surface area contributed by atoms with E-state index in [1.165, 1.54) is 0 Å². The van der Waals surface area contributed by atoms with E-state index in [0.717, 1.165) is 11.3 Å². The fourth-order valence-electron chi connectivity index (χ4n) is 2.55. The fraction of sp³-hybridized carbons (Fsp3) is 0.412. The van der Waals surface area contributed by atoms with Crippen LogP contribution in [0.15, 0.2) is 29.4 Å². The third-order valence-electron chi connectivity index (χ3n) is 3.95. The summed E-state index contributed by atoms with van der Waals surface area (Å²) in [5, 5.41) is 22.9. The van der Waals surface area contributed by atoms with Crippen molar-refractivity contribution in [2.75, 3.05) is 0 Å². The van der Waals surface area contributed by atoms with Gasteiger partial charge in [-0.1, -0.05) is 36.3 Å². The summed E-state index contributed by atoms with van der Waals surface area (Å²) >= 11 is 0. The van der Waals surface area contributed by atoms with Crippen LogP contribution in [0, 0.1) is 5.41 Å². The molecular formula is C17H22N4O4. The highest BCUT2D eigenvalue weighted by Gasteiger charge is 2.26. The third kappa shape index (κ3) is 5.30. The SMILES string of the molecule is CC[C@H](CC(=O)O)NC(=O)C[C@H]1CC(c2ccc(C(=N)N)cc2)=NO1. The van der Waals surface area contributed by atoms with Gasteiger partial charge in [0.05, 0.1) is 18.6 Å². The maximum absolute atomic E-state index is 12.0. The van der Waals surface area contributed by atoms with Gasteiger partial charge < -0.3 is 21.0 Å². The number of nitrogens with zero attached hydrogens (tertiary/aromatic N) is 1. The number of amidine groups is 1. The molecule has 25 heavy (non-hydrogen) atoms. The highest BCUT2D eigenvalue weighted by Crippen LogP contribution is 2.19. The normalized spacial score (nSPS) is 17.3. The van der Waals surface area contributed by atoms with Crippen LogP contribution < -0.4 is 11.1 Å². The fourth-order valence-corrected chi connectivity index (χ4v) is 2.55. The van der Waals surface area contributed by atoms with Gasteiger partial charge in [-0.05, 0) is 12.0 Å². The zero-order valence-electron chi connectivity index (χ0n) is 14.0. The molecule has 1 amide bonds. The highest BCUT2D eigenvalue weighted by molar-refractivity contribution is 6.02. The number of nitrogens with one attached hydrogen (secondary N) is 2. The number of nitrogen functional groups attached to an aromatic ring is 1. The molecule has 0 aromatic heterocycles. The monoisotopic (exact) mass is 346 g/mol. The van der Waals surface area contributed by atoms with E-state index in [1.54, 1.807) is 24.3 Å². The zero-order chi connectivity index (χ0) is 18.4. The van der Waals surface area contributed by atoms with Gasteiger partial charge in [0, 0.05) is 18.0 Å². The number of aliphatic carboxylic acids is 1. The quantitative estimate of drug-likeness (QED) is 0.414. The number of carbonyl (C=O) groups is 2. The molecule has 1 aliphatic rings. The lowest BCUT2D eigenvalue weighted by atomic mass is 10.0. The Morgan fingerprint density at radius 1 is 1.44 bits per heavy atom. The third-order valence-corrected chi connectivity index (χ3v) is 3.95. The van der Waals surface area contributed by atoms with Crippen LogP contribution in [0.3, 0.4) is 0 Å². The molecule has 8 heteroatoms. The van der Waals surface area contributed by atoms with Crippen LogP contribution in [0.4, 0.5) is 0 Å². The van der Waals surface area contributed by atoms with Gasteiger partial charge in [0.1, 0.15) is 11.9 Å². The molecule has 1 aromatic carbocycles. The molecule has 0 bridgehead atoms. The zero-order valence-corrected chi connectivity index (χ0v) is 14.0. The van der Waals surface area contributed by atoms with Gasteiger partial charge in [0.25, 0.3) is 0 Å². The molecule has 1 aromatic rings. The van der Waals surface area contributed by atoms with Crippen LogP contribution in [0.25, 0.3) is 0 Å². The summed E-state index contributed by atoms with van der Waals surface area (Å²) in [6.07, 6.45) is 0.688. The van der Waals surface area contributed by atoms with Crippen LogP contribution in [0.5, 0.6) is 0 Å². The molecule has 0 radical (unpaired) electrons. The molecule has 1 aliphatic heterocycles. The van der Waals surface area contributed by atoms with E-state index in [2.05, 4.69) is 10.5 Å². The van der Waals surface area contributed by atoms with Crippen LogP contribution >= 0.6 is 0 Å². The summed E-state index contributed by atoms with van der Waals surface area (Å²) in [5.74, 6) is -1.19. The largest absolute Gasteiger partial charge is 0.481 e. The second-order valence-corrected chi connectivity index (χ2v) is 5.94. The van der Waals surface area contributed by atoms with Crippen molar-refractivity contribution in [1.29, 1.82) is 5.41 Å². The van der Waals surface area contributed by atoms with Gasteiger partial charge in [-0.25, -0.2) is 0 Å². The van der Waals surface area contributed by atoms with Gasteiger partial charge in [-0.15, -0.1) is 0 Å². The minimum Gasteiger partial charge on any atom is -0.481 e. The first-order valence-corrected chi connectivity index (χ1v) is 8.07. The number of benzene rings is 1.